The number of rotatable bonds is 3. The standard InChI is InChI=1S/C15H22ClNO2/c1-14(2,3)15(18,9-17)8-11-7-12(16)6-10-4-5-19-13(10)11/h6-7,18H,4-5,8-9,17H2,1-3H3. The zero-order valence-electron chi connectivity index (χ0n) is 11.8. The van der Waals surface area contributed by atoms with Crippen molar-refractivity contribution in [1.29, 1.82) is 0 Å². The van der Waals surface area contributed by atoms with Crippen LogP contribution in [0.1, 0.15) is 31.9 Å². The fraction of sp³-hybridized carbons (Fsp3) is 0.600. The summed E-state index contributed by atoms with van der Waals surface area (Å²) >= 11 is 6.15. The molecule has 1 aromatic rings. The van der Waals surface area contributed by atoms with Gasteiger partial charge in [0, 0.05) is 24.4 Å². The molecule has 1 aromatic carbocycles. The zero-order valence-corrected chi connectivity index (χ0v) is 12.5. The van der Waals surface area contributed by atoms with Crippen LogP contribution in [0.25, 0.3) is 0 Å². The average molecular weight is 284 g/mol. The van der Waals surface area contributed by atoms with Crippen molar-refractivity contribution in [3.63, 3.8) is 0 Å². The third-order valence-corrected chi connectivity index (χ3v) is 4.26. The number of aliphatic hydroxyl groups is 1. The van der Waals surface area contributed by atoms with Crippen LogP contribution in [0.3, 0.4) is 0 Å². The van der Waals surface area contributed by atoms with Gasteiger partial charge >= 0.3 is 0 Å². The first-order valence-electron chi connectivity index (χ1n) is 6.63. The van der Waals surface area contributed by atoms with Crippen LogP contribution in [-0.2, 0) is 12.8 Å². The summed E-state index contributed by atoms with van der Waals surface area (Å²) in [5.41, 5.74) is 6.58. The Bertz CT molecular complexity index is 482. The second-order valence-corrected chi connectivity index (χ2v) is 6.75. The van der Waals surface area contributed by atoms with Crippen LogP contribution < -0.4 is 10.5 Å². The Labute approximate surface area is 119 Å². The number of halogens is 1. The lowest BCUT2D eigenvalue weighted by molar-refractivity contribution is -0.0493. The van der Waals surface area contributed by atoms with Crippen molar-refractivity contribution in [3.05, 3.63) is 28.3 Å². The van der Waals surface area contributed by atoms with Crippen molar-refractivity contribution in [3.8, 4) is 5.75 Å². The number of hydrogen-bond donors (Lipinski definition) is 2. The van der Waals surface area contributed by atoms with Crippen LogP contribution in [0.15, 0.2) is 12.1 Å². The summed E-state index contributed by atoms with van der Waals surface area (Å²) in [7, 11) is 0. The van der Waals surface area contributed by atoms with Gasteiger partial charge in [-0.15, -0.1) is 0 Å². The molecule has 1 aliphatic heterocycles. The molecular weight excluding hydrogens is 262 g/mol. The summed E-state index contributed by atoms with van der Waals surface area (Å²) in [6, 6.07) is 3.81. The van der Waals surface area contributed by atoms with E-state index in [-0.39, 0.29) is 12.0 Å². The van der Waals surface area contributed by atoms with Crippen LogP contribution in [0, 0.1) is 5.41 Å². The summed E-state index contributed by atoms with van der Waals surface area (Å²) in [5.74, 6) is 0.875. The Morgan fingerprint density at radius 2 is 2.05 bits per heavy atom. The maximum atomic E-state index is 10.8. The maximum absolute atomic E-state index is 10.8. The van der Waals surface area contributed by atoms with E-state index in [9.17, 15) is 5.11 Å². The second kappa shape index (κ2) is 4.97. The van der Waals surface area contributed by atoms with Gasteiger partial charge in [-0.3, -0.25) is 0 Å². The third-order valence-electron chi connectivity index (χ3n) is 4.04. The quantitative estimate of drug-likeness (QED) is 0.896. The van der Waals surface area contributed by atoms with E-state index in [1.165, 1.54) is 0 Å². The van der Waals surface area contributed by atoms with E-state index in [1.807, 2.05) is 32.9 Å². The minimum Gasteiger partial charge on any atom is -0.493 e. The number of benzene rings is 1. The molecule has 0 radical (unpaired) electrons. The van der Waals surface area contributed by atoms with Gasteiger partial charge in [-0.1, -0.05) is 32.4 Å². The lowest BCUT2D eigenvalue weighted by Gasteiger charge is -2.40. The molecule has 4 heteroatoms. The molecule has 0 bridgehead atoms. The van der Waals surface area contributed by atoms with Gasteiger partial charge in [-0.25, -0.2) is 0 Å². The Kier molecular flexibility index (Phi) is 3.83. The summed E-state index contributed by atoms with van der Waals surface area (Å²) in [6.45, 7) is 6.86. The van der Waals surface area contributed by atoms with Crippen molar-refractivity contribution in [2.24, 2.45) is 11.1 Å². The van der Waals surface area contributed by atoms with E-state index in [4.69, 9.17) is 22.1 Å². The highest BCUT2D eigenvalue weighted by atomic mass is 35.5. The predicted octanol–water partition coefficient (Wildman–Crippen LogP) is 2.55. The highest BCUT2D eigenvalue weighted by Gasteiger charge is 2.40. The number of nitrogens with two attached hydrogens (primary N) is 1. The van der Waals surface area contributed by atoms with Crippen LogP contribution in [0.4, 0.5) is 0 Å². The average Bonchev–Trinajstić information content (AvgIpc) is 2.75. The largest absolute Gasteiger partial charge is 0.493 e. The van der Waals surface area contributed by atoms with Gasteiger partial charge in [-0.2, -0.15) is 0 Å². The van der Waals surface area contributed by atoms with E-state index in [1.54, 1.807) is 0 Å². The van der Waals surface area contributed by atoms with E-state index in [2.05, 4.69) is 0 Å². The molecule has 0 spiro atoms. The molecule has 0 aromatic heterocycles. The van der Waals surface area contributed by atoms with Crippen molar-refractivity contribution in [1.82, 2.24) is 0 Å². The van der Waals surface area contributed by atoms with Gasteiger partial charge in [0.15, 0.2) is 0 Å². The summed E-state index contributed by atoms with van der Waals surface area (Å²) in [4.78, 5) is 0. The van der Waals surface area contributed by atoms with Crippen LogP contribution in [0.5, 0.6) is 5.75 Å². The molecule has 2 rings (SSSR count). The van der Waals surface area contributed by atoms with Crippen LogP contribution >= 0.6 is 11.6 Å². The van der Waals surface area contributed by atoms with Crippen molar-refractivity contribution in [2.75, 3.05) is 13.2 Å². The molecule has 0 amide bonds. The predicted molar refractivity (Wildman–Crippen MR) is 77.8 cm³/mol. The summed E-state index contributed by atoms with van der Waals surface area (Å²) in [5, 5.41) is 11.5. The minimum atomic E-state index is -0.975. The molecule has 3 N–H and O–H groups in total. The maximum Gasteiger partial charge on any atom is 0.126 e. The molecule has 106 valence electrons. The number of ether oxygens (including phenoxy) is 1. The van der Waals surface area contributed by atoms with Gasteiger partial charge in [-0.05, 0) is 28.7 Å². The first-order chi connectivity index (χ1) is 8.77. The molecule has 1 heterocycles. The zero-order chi connectivity index (χ0) is 14.3. The SMILES string of the molecule is CC(C)(C)C(O)(CN)Cc1cc(Cl)cc2c1OCC2. The van der Waals surface area contributed by atoms with Crippen molar-refractivity contribution in [2.45, 2.75) is 39.2 Å². The second-order valence-electron chi connectivity index (χ2n) is 6.31. The fourth-order valence-electron chi connectivity index (χ4n) is 2.44. The fourth-order valence-corrected chi connectivity index (χ4v) is 2.70. The molecular formula is C15H22ClNO2. The molecule has 0 saturated heterocycles. The Morgan fingerprint density at radius 3 is 2.63 bits per heavy atom. The Morgan fingerprint density at radius 1 is 1.37 bits per heavy atom. The third kappa shape index (κ3) is 2.73. The van der Waals surface area contributed by atoms with Gasteiger partial charge in [0.1, 0.15) is 5.75 Å². The molecule has 0 saturated carbocycles. The lowest BCUT2D eigenvalue weighted by atomic mass is 9.73. The normalized spacial score (nSPS) is 17.8. The molecule has 1 unspecified atom stereocenters. The van der Waals surface area contributed by atoms with Crippen molar-refractivity contribution >= 4 is 11.6 Å². The smallest absolute Gasteiger partial charge is 0.126 e. The Hall–Kier alpha value is -0.770. The first kappa shape index (κ1) is 14.6. The first-order valence-corrected chi connectivity index (χ1v) is 7.01. The van der Waals surface area contributed by atoms with Gasteiger partial charge in [0.05, 0.1) is 12.2 Å². The van der Waals surface area contributed by atoms with Crippen molar-refractivity contribution < 1.29 is 9.84 Å². The van der Waals surface area contributed by atoms with Crippen LogP contribution in [0.2, 0.25) is 5.02 Å². The molecule has 0 fully saturated rings. The minimum absolute atomic E-state index is 0.206. The van der Waals surface area contributed by atoms with Gasteiger partial charge in [0.25, 0.3) is 0 Å². The molecule has 3 nitrogen and oxygen atoms in total. The summed E-state index contributed by atoms with van der Waals surface area (Å²) < 4.78 is 5.68. The highest BCUT2D eigenvalue weighted by molar-refractivity contribution is 6.30. The monoisotopic (exact) mass is 283 g/mol. The highest BCUT2D eigenvalue weighted by Crippen LogP contribution is 2.39. The van der Waals surface area contributed by atoms with Gasteiger partial charge < -0.3 is 15.6 Å². The molecule has 19 heavy (non-hydrogen) atoms. The van der Waals surface area contributed by atoms with E-state index < -0.39 is 5.60 Å². The molecule has 1 aliphatic rings. The summed E-state index contributed by atoms with van der Waals surface area (Å²) in [6.07, 6.45) is 1.33. The number of fused-ring (bicyclic) bond motifs is 1. The topological polar surface area (TPSA) is 55.5 Å². The van der Waals surface area contributed by atoms with E-state index >= 15 is 0 Å². The van der Waals surface area contributed by atoms with E-state index in [0.29, 0.717) is 18.1 Å². The molecule has 0 aliphatic carbocycles. The van der Waals surface area contributed by atoms with E-state index in [0.717, 1.165) is 23.3 Å². The molecule has 1 atom stereocenters. The Balaban J connectivity index is 2.38. The number of hydrogen-bond acceptors (Lipinski definition) is 3. The van der Waals surface area contributed by atoms with Crippen LogP contribution in [-0.4, -0.2) is 23.9 Å². The van der Waals surface area contributed by atoms with Gasteiger partial charge in [0.2, 0.25) is 0 Å². The lowest BCUT2D eigenvalue weighted by Crippen LogP contribution is -2.50.